The molecule has 0 bridgehead atoms. The van der Waals surface area contributed by atoms with Crippen molar-refractivity contribution in [3.05, 3.63) is 35.4 Å². The number of rotatable bonds is 9. The molecule has 1 atom stereocenters. The Morgan fingerprint density at radius 3 is 2.19 bits per heavy atom. The van der Waals surface area contributed by atoms with Gasteiger partial charge in [0, 0.05) is 18.1 Å². The zero-order valence-corrected chi connectivity index (χ0v) is 14.9. The molecule has 1 aromatic carbocycles. The van der Waals surface area contributed by atoms with Gasteiger partial charge in [0.1, 0.15) is 0 Å². The first-order chi connectivity index (χ1) is 9.94. The Balaban J connectivity index is 2.81. The predicted octanol–water partition coefficient (Wildman–Crippen LogP) is 4.41. The largest absolute Gasteiger partial charge is 0.309 e. The zero-order chi connectivity index (χ0) is 15.9. The van der Waals surface area contributed by atoms with Crippen LogP contribution in [0, 0.1) is 0 Å². The number of hydrogen-bond donors (Lipinski definition) is 1. The first-order valence-electron chi connectivity index (χ1n) is 8.48. The van der Waals surface area contributed by atoms with Crippen molar-refractivity contribution >= 4 is 0 Å². The number of likely N-dealkylation sites (N-methyl/N-ethyl adjacent to an activating group) is 2. The molecule has 0 aliphatic rings. The van der Waals surface area contributed by atoms with E-state index in [-0.39, 0.29) is 5.54 Å². The average Bonchev–Trinajstić information content (AvgIpc) is 2.48. The molecule has 1 N–H and O–H groups in total. The highest BCUT2D eigenvalue weighted by Crippen LogP contribution is 2.22. The molecule has 0 aliphatic heterocycles. The quantitative estimate of drug-likeness (QED) is 0.724. The fraction of sp³-hybridized carbons (Fsp3) is 0.684. The SMILES string of the molecule is CCCc1ccc(C(CN(C)C(C)(C)CC)NCC)cc1. The van der Waals surface area contributed by atoms with E-state index in [1.54, 1.807) is 0 Å². The van der Waals surface area contributed by atoms with E-state index in [1.165, 1.54) is 24.0 Å². The fourth-order valence-electron chi connectivity index (χ4n) is 2.53. The minimum atomic E-state index is 0.246. The van der Waals surface area contributed by atoms with Crippen LogP contribution in [0.3, 0.4) is 0 Å². The maximum Gasteiger partial charge on any atom is 0.0449 e. The van der Waals surface area contributed by atoms with Gasteiger partial charge in [0.2, 0.25) is 0 Å². The van der Waals surface area contributed by atoms with E-state index in [2.05, 4.69) is 76.1 Å². The molecule has 21 heavy (non-hydrogen) atoms. The van der Waals surface area contributed by atoms with Gasteiger partial charge in [0.05, 0.1) is 0 Å². The van der Waals surface area contributed by atoms with Gasteiger partial charge in [-0.3, -0.25) is 4.90 Å². The first kappa shape index (κ1) is 18.2. The Labute approximate surface area is 131 Å². The summed E-state index contributed by atoms with van der Waals surface area (Å²) in [6, 6.07) is 9.57. The molecule has 0 fully saturated rings. The summed E-state index contributed by atoms with van der Waals surface area (Å²) in [5.41, 5.74) is 3.09. The van der Waals surface area contributed by atoms with E-state index >= 15 is 0 Å². The lowest BCUT2D eigenvalue weighted by Crippen LogP contribution is -2.45. The number of benzene rings is 1. The number of hydrogen-bond acceptors (Lipinski definition) is 2. The number of nitrogens with one attached hydrogen (secondary N) is 1. The van der Waals surface area contributed by atoms with E-state index in [4.69, 9.17) is 0 Å². The summed E-state index contributed by atoms with van der Waals surface area (Å²) in [4.78, 5) is 2.47. The van der Waals surface area contributed by atoms with Crippen molar-refractivity contribution < 1.29 is 0 Å². The molecule has 2 heteroatoms. The summed E-state index contributed by atoms with van der Waals surface area (Å²) in [5, 5.41) is 3.64. The Bertz CT molecular complexity index is 395. The Kier molecular flexibility index (Phi) is 7.41. The summed E-state index contributed by atoms with van der Waals surface area (Å²) in [5.74, 6) is 0. The minimum absolute atomic E-state index is 0.246. The predicted molar refractivity (Wildman–Crippen MR) is 93.9 cm³/mol. The van der Waals surface area contributed by atoms with Crippen LogP contribution in [0.5, 0.6) is 0 Å². The minimum Gasteiger partial charge on any atom is -0.309 e. The van der Waals surface area contributed by atoms with Crippen LogP contribution < -0.4 is 5.32 Å². The monoisotopic (exact) mass is 290 g/mol. The third-order valence-electron chi connectivity index (χ3n) is 4.73. The molecule has 1 unspecified atom stereocenters. The van der Waals surface area contributed by atoms with Gasteiger partial charge in [0.25, 0.3) is 0 Å². The van der Waals surface area contributed by atoms with E-state index in [1.807, 2.05) is 0 Å². The van der Waals surface area contributed by atoms with Crippen LogP contribution >= 0.6 is 0 Å². The zero-order valence-electron chi connectivity index (χ0n) is 14.9. The van der Waals surface area contributed by atoms with Crippen molar-refractivity contribution in [2.24, 2.45) is 0 Å². The molecule has 0 aliphatic carbocycles. The Morgan fingerprint density at radius 1 is 1.10 bits per heavy atom. The van der Waals surface area contributed by atoms with Gasteiger partial charge in [-0.05, 0) is 51.4 Å². The normalized spacial score (nSPS) is 13.7. The van der Waals surface area contributed by atoms with Crippen molar-refractivity contribution in [2.75, 3.05) is 20.1 Å². The highest BCUT2D eigenvalue weighted by Gasteiger charge is 2.24. The first-order valence-corrected chi connectivity index (χ1v) is 8.48. The van der Waals surface area contributed by atoms with Crippen LogP contribution in [0.1, 0.15) is 64.6 Å². The summed E-state index contributed by atoms with van der Waals surface area (Å²) in [6.07, 6.45) is 3.55. The Morgan fingerprint density at radius 2 is 1.71 bits per heavy atom. The van der Waals surface area contributed by atoms with Gasteiger partial charge in [-0.25, -0.2) is 0 Å². The van der Waals surface area contributed by atoms with E-state index in [0.29, 0.717) is 6.04 Å². The van der Waals surface area contributed by atoms with Gasteiger partial charge in [-0.1, -0.05) is 51.5 Å². The molecular weight excluding hydrogens is 256 g/mol. The van der Waals surface area contributed by atoms with Crippen LogP contribution in [0.2, 0.25) is 0 Å². The maximum absolute atomic E-state index is 3.64. The van der Waals surface area contributed by atoms with Crippen molar-refractivity contribution in [1.29, 1.82) is 0 Å². The fourth-order valence-corrected chi connectivity index (χ4v) is 2.53. The smallest absolute Gasteiger partial charge is 0.0449 e. The molecule has 0 saturated heterocycles. The molecule has 120 valence electrons. The highest BCUT2D eigenvalue weighted by atomic mass is 15.2. The lowest BCUT2D eigenvalue weighted by molar-refractivity contribution is 0.136. The third kappa shape index (κ3) is 5.44. The van der Waals surface area contributed by atoms with Crippen molar-refractivity contribution in [3.63, 3.8) is 0 Å². The van der Waals surface area contributed by atoms with Gasteiger partial charge in [-0.2, -0.15) is 0 Å². The van der Waals surface area contributed by atoms with Gasteiger partial charge in [0.15, 0.2) is 0 Å². The van der Waals surface area contributed by atoms with Gasteiger partial charge >= 0.3 is 0 Å². The summed E-state index contributed by atoms with van der Waals surface area (Å²) >= 11 is 0. The summed E-state index contributed by atoms with van der Waals surface area (Å²) in [6.45, 7) is 13.4. The maximum atomic E-state index is 3.64. The number of aryl methyl sites for hydroxylation is 1. The molecule has 0 saturated carbocycles. The van der Waals surface area contributed by atoms with Crippen LogP contribution in [-0.2, 0) is 6.42 Å². The van der Waals surface area contributed by atoms with Crippen LogP contribution in [0.15, 0.2) is 24.3 Å². The molecule has 0 radical (unpaired) electrons. The Hall–Kier alpha value is -0.860. The van der Waals surface area contributed by atoms with E-state index < -0.39 is 0 Å². The van der Waals surface area contributed by atoms with Gasteiger partial charge < -0.3 is 5.32 Å². The van der Waals surface area contributed by atoms with Gasteiger partial charge in [-0.15, -0.1) is 0 Å². The van der Waals surface area contributed by atoms with Crippen molar-refractivity contribution in [2.45, 2.75) is 65.5 Å². The molecule has 2 nitrogen and oxygen atoms in total. The van der Waals surface area contributed by atoms with Crippen molar-refractivity contribution in [3.8, 4) is 0 Å². The summed E-state index contributed by atoms with van der Waals surface area (Å²) in [7, 11) is 2.24. The second-order valence-electron chi connectivity index (χ2n) is 6.65. The molecule has 1 rings (SSSR count). The lowest BCUT2D eigenvalue weighted by Gasteiger charge is -2.37. The lowest BCUT2D eigenvalue weighted by atomic mass is 9.97. The second kappa shape index (κ2) is 8.55. The molecule has 0 spiro atoms. The molecule has 1 aromatic rings. The summed E-state index contributed by atoms with van der Waals surface area (Å²) < 4.78 is 0. The third-order valence-corrected chi connectivity index (χ3v) is 4.73. The molecule has 0 amide bonds. The van der Waals surface area contributed by atoms with E-state index in [0.717, 1.165) is 19.5 Å². The van der Waals surface area contributed by atoms with Crippen LogP contribution in [-0.4, -0.2) is 30.6 Å². The van der Waals surface area contributed by atoms with Crippen LogP contribution in [0.25, 0.3) is 0 Å². The average molecular weight is 290 g/mol. The molecule has 0 heterocycles. The molecular formula is C19H34N2. The highest BCUT2D eigenvalue weighted by molar-refractivity contribution is 5.25. The van der Waals surface area contributed by atoms with E-state index in [9.17, 15) is 0 Å². The second-order valence-corrected chi connectivity index (χ2v) is 6.65. The van der Waals surface area contributed by atoms with Crippen molar-refractivity contribution in [1.82, 2.24) is 10.2 Å². The standard InChI is InChI=1S/C19H34N2/c1-7-10-16-11-13-17(14-12-16)18(20-9-3)15-21(6)19(4,5)8-2/h11-14,18,20H,7-10,15H2,1-6H3. The van der Waals surface area contributed by atoms with Crippen LogP contribution in [0.4, 0.5) is 0 Å². The molecule has 0 aromatic heterocycles. The topological polar surface area (TPSA) is 15.3 Å². The number of nitrogens with zero attached hydrogens (tertiary/aromatic N) is 1.